The molecule has 28 heavy (non-hydrogen) atoms. The summed E-state index contributed by atoms with van der Waals surface area (Å²) in [6, 6.07) is 16.0. The molecule has 3 atom stereocenters. The van der Waals surface area contributed by atoms with E-state index in [4.69, 9.17) is 4.74 Å². The maximum absolute atomic E-state index is 13.1. The van der Waals surface area contributed by atoms with Crippen molar-refractivity contribution in [3.8, 4) is 0 Å². The third-order valence-electron chi connectivity index (χ3n) is 6.43. The first-order valence-corrected chi connectivity index (χ1v) is 10.8. The standard InChI is InChI=1S/C25H34FNO/c1-4-25(3)17-22(14-16-28-25)24(21-9-5-19(2)6-10-21)13-15-27-18-20-7-11-23(26)12-8-20/h5-12,22,24,27H,4,13-18H2,1-3H3/p+1/t22-,24-,25+/m0/s1. The fraction of sp³-hybridized carbons (Fsp3) is 0.520. The summed E-state index contributed by atoms with van der Waals surface area (Å²) in [5, 5.41) is 2.35. The molecule has 0 saturated carbocycles. The molecule has 2 aromatic carbocycles. The van der Waals surface area contributed by atoms with Gasteiger partial charge in [0.15, 0.2) is 0 Å². The first-order valence-electron chi connectivity index (χ1n) is 10.8. The van der Waals surface area contributed by atoms with Gasteiger partial charge in [0.2, 0.25) is 0 Å². The number of hydrogen-bond acceptors (Lipinski definition) is 1. The van der Waals surface area contributed by atoms with Gasteiger partial charge in [-0.05, 0) is 62.6 Å². The number of nitrogens with two attached hydrogens (primary N) is 1. The van der Waals surface area contributed by atoms with Crippen LogP contribution in [-0.2, 0) is 11.3 Å². The second kappa shape index (κ2) is 9.67. The maximum Gasteiger partial charge on any atom is 0.123 e. The SMILES string of the molecule is CC[C@]1(C)C[C@@H]([C@@H](CC[NH2+]Cc2ccc(F)cc2)c2ccc(C)cc2)CCO1. The van der Waals surface area contributed by atoms with E-state index in [1.165, 1.54) is 16.7 Å². The molecule has 1 aliphatic heterocycles. The number of benzene rings is 2. The van der Waals surface area contributed by atoms with Gasteiger partial charge in [-0.2, -0.15) is 0 Å². The Kier molecular flexibility index (Phi) is 7.25. The fourth-order valence-corrected chi connectivity index (χ4v) is 4.44. The van der Waals surface area contributed by atoms with Crippen LogP contribution in [0.2, 0.25) is 0 Å². The monoisotopic (exact) mass is 384 g/mol. The van der Waals surface area contributed by atoms with E-state index in [1.54, 1.807) is 12.1 Å². The Balaban J connectivity index is 1.64. The Bertz CT molecular complexity index is 727. The largest absolute Gasteiger partial charge is 0.375 e. The van der Waals surface area contributed by atoms with Gasteiger partial charge < -0.3 is 10.1 Å². The number of aryl methyl sites for hydroxylation is 1. The molecule has 152 valence electrons. The zero-order valence-electron chi connectivity index (χ0n) is 17.6. The molecule has 0 amide bonds. The van der Waals surface area contributed by atoms with Crippen LogP contribution in [0.15, 0.2) is 48.5 Å². The Hall–Kier alpha value is -1.71. The van der Waals surface area contributed by atoms with Gasteiger partial charge in [0.05, 0.1) is 12.1 Å². The van der Waals surface area contributed by atoms with E-state index in [9.17, 15) is 4.39 Å². The van der Waals surface area contributed by atoms with Crippen molar-refractivity contribution < 1.29 is 14.4 Å². The van der Waals surface area contributed by atoms with E-state index < -0.39 is 0 Å². The van der Waals surface area contributed by atoms with Crippen LogP contribution >= 0.6 is 0 Å². The van der Waals surface area contributed by atoms with E-state index in [0.29, 0.717) is 11.8 Å². The Labute approximate surface area is 169 Å². The summed E-state index contributed by atoms with van der Waals surface area (Å²) in [4.78, 5) is 0. The average Bonchev–Trinajstić information content (AvgIpc) is 2.70. The highest BCUT2D eigenvalue weighted by Gasteiger charge is 2.36. The molecule has 0 radical (unpaired) electrons. The van der Waals surface area contributed by atoms with Crippen LogP contribution in [0.25, 0.3) is 0 Å². The van der Waals surface area contributed by atoms with Crippen molar-refractivity contribution in [1.29, 1.82) is 0 Å². The molecule has 0 bridgehead atoms. The van der Waals surface area contributed by atoms with Crippen LogP contribution in [0.5, 0.6) is 0 Å². The van der Waals surface area contributed by atoms with Crippen LogP contribution in [0.4, 0.5) is 4.39 Å². The summed E-state index contributed by atoms with van der Waals surface area (Å²) < 4.78 is 19.2. The van der Waals surface area contributed by atoms with Gasteiger partial charge in [0, 0.05) is 18.6 Å². The molecule has 2 nitrogen and oxygen atoms in total. The van der Waals surface area contributed by atoms with Crippen LogP contribution in [0.3, 0.4) is 0 Å². The molecule has 1 saturated heterocycles. The third kappa shape index (κ3) is 5.65. The third-order valence-corrected chi connectivity index (χ3v) is 6.43. The first kappa shape index (κ1) is 21.0. The Morgan fingerprint density at radius 2 is 1.86 bits per heavy atom. The van der Waals surface area contributed by atoms with Gasteiger partial charge in [-0.25, -0.2) is 4.39 Å². The van der Waals surface area contributed by atoms with Crippen LogP contribution < -0.4 is 5.32 Å². The normalized spacial score (nSPS) is 23.5. The summed E-state index contributed by atoms with van der Waals surface area (Å²) in [5.41, 5.74) is 3.98. The summed E-state index contributed by atoms with van der Waals surface area (Å²) in [6.45, 7) is 9.51. The van der Waals surface area contributed by atoms with Gasteiger partial charge in [0.1, 0.15) is 12.4 Å². The molecule has 0 spiro atoms. The maximum atomic E-state index is 13.1. The lowest BCUT2D eigenvalue weighted by Gasteiger charge is -2.41. The molecule has 1 aliphatic rings. The minimum atomic E-state index is -0.165. The molecule has 0 unspecified atom stereocenters. The second-order valence-corrected chi connectivity index (χ2v) is 8.62. The summed E-state index contributed by atoms with van der Waals surface area (Å²) in [7, 11) is 0. The topological polar surface area (TPSA) is 25.8 Å². The van der Waals surface area contributed by atoms with E-state index in [1.807, 2.05) is 12.1 Å². The molecular formula is C25H35FNO+. The average molecular weight is 385 g/mol. The molecule has 0 aromatic heterocycles. The molecule has 2 N–H and O–H groups in total. The van der Waals surface area contributed by atoms with Gasteiger partial charge in [-0.3, -0.25) is 0 Å². The van der Waals surface area contributed by atoms with Crippen molar-refractivity contribution in [2.45, 2.75) is 64.5 Å². The first-order chi connectivity index (χ1) is 13.5. The highest BCUT2D eigenvalue weighted by atomic mass is 19.1. The molecule has 2 aromatic rings. The number of quaternary nitrogens is 1. The predicted octanol–water partition coefficient (Wildman–Crippen LogP) is 4.97. The van der Waals surface area contributed by atoms with Crippen molar-refractivity contribution in [2.24, 2.45) is 5.92 Å². The summed E-state index contributed by atoms with van der Waals surface area (Å²) in [6.07, 6.45) is 4.52. The quantitative estimate of drug-likeness (QED) is 0.639. The minimum absolute atomic E-state index is 0.0175. The van der Waals surface area contributed by atoms with Gasteiger partial charge in [-0.15, -0.1) is 0 Å². The van der Waals surface area contributed by atoms with E-state index in [0.717, 1.165) is 45.4 Å². The predicted molar refractivity (Wildman–Crippen MR) is 113 cm³/mol. The highest BCUT2D eigenvalue weighted by molar-refractivity contribution is 5.25. The van der Waals surface area contributed by atoms with Crippen molar-refractivity contribution in [2.75, 3.05) is 13.2 Å². The lowest BCUT2D eigenvalue weighted by molar-refractivity contribution is -0.671. The fourth-order valence-electron chi connectivity index (χ4n) is 4.44. The lowest BCUT2D eigenvalue weighted by Crippen LogP contribution is -2.82. The molecule has 0 aliphatic carbocycles. The highest BCUT2D eigenvalue weighted by Crippen LogP contribution is 2.41. The van der Waals surface area contributed by atoms with Crippen molar-refractivity contribution in [3.63, 3.8) is 0 Å². The number of rotatable bonds is 8. The summed E-state index contributed by atoms with van der Waals surface area (Å²) >= 11 is 0. The van der Waals surface area contributed by atoms with Crippen LogP contribution in [-0.4, -0.2) is 18.8 Å². The Morgan fingerprint density at radius 3 is 2.54 bits per heavy atom. The zero-order chi connectivity index (χ0) is 20.0. The second-order valence-electron chi connectivity index (χ2n) is 8.62. The minimum Gasteiger partial charge on any atom is -0.375 e. The van der Waals surface area contributed by atoms with Gasteiger partial charge in [-0.1, -0.05) is 48.9 Å². The van der Waals surface area contributed by atoms with Gasteiger partial charge >= 0.3 is 0 Å². The Morgan fingerprint density at radius 1 is 1.14 bits per heavy atom. The van der Waals surface area contributed by atoms with E-state index >= 15 is 0 Å². The van der Waals surface area contributed by atoms with Crippen LogP contribution in [0.1, 0.15) is 62.1 Å². The zero-order valence-corrected chi connectivity index (χ0v) is 17.6. The van der Waals surface area contributed by atoms with Crippen molar-refractivity contribution >= 4 is 0 Å². The lowest BCUT2D eigenvalue weighted by atomic mass is 9.74. The number of hydrogen-bond donors (Lipinski definition) is 1. The molecule has 1 fully saturated rings. The molecular weight excluding hydrogens is 349 g/mol. The van der Waals surface area contributed by atoms with Crippen molar-refractivity contribution in [1.82, 2.24) is 0 Å². The van der Waals surface area contributed by atoms with Crippen molar-refractivity contribution in [3.05, 3.63) is 71.0 Å². The van der Waals surface area contributed by atoms with Gasteiger partial charge in [0.25, 0.3) is 0 Å². The van der Waals surface area contributed by atoms with E-state index in [2.05, 4.69) is 50.4 Å². The smallest absolute Gasteiger partial charge is 0.123 e. The van der Waals surface area contributed by atoms with Crippen LogP contribution in [0, 0.1) is 18.7 Å². The molecule has 1 heterocycles. The summed E-state index contributed by atoms with van der Waals surface area (Å²) in [5.74, 6) is 1.07. The van der Waals surface area contributed by atoms with E-state index in [-0.39, 0.29) is 11.4 Å². The molecule has 3 heteroatoms. The molecule has 3 rings (SSSR count). The number of halogens is 1. The number of ether oxygens (including phenoxy) is 1.